The second-order valence-corrected chi connectivity index (χ2v) is 3.24. The van der Waals surface area contributed by atoms with Gasteiger partial charge in [0.05, 0.1) is 13.2 Å². The van der Waals surface area contributed by atoms with Crippen molar-refractivity contribution < 1.29 is 9.94 Å². The van der Waals surface area contributed by atoms with Gasteiger partial charge < -0.3 is 21.0 Å². The number of oxime groups is 1. The number of rotatable bonds is 7. The van der Waals surface area contributed by atoms with Crippen LogP contribution in [-0.4, -0.2) is 37.3 Å². The molecule has 5 heteroatoms. The Morgan fingerprint density at radius 3 is 2.85 bits per heavy atom. The first-order valence-electron chi connectivity index (χ1n) is 4.41. The van der Waals surface area contributed by atoms with Gasteiger partial charge in [0.1, 0.15) is 0 Å². The van der Waals surface area contributed by atoms with Crippen molar-refractivity contribution in [3.05, 3.63) is 0 Å². The maximum atomic E-state index is 8.20. The average Bonchev–Trinajstić information content (AvgIpc) is 2.10. The Labute approximate surface area is 78.9 Å². The lowest BCUT2D eigenvalue weighted by molar-refractivity contribution is 0.112. The number of amidine groups is 1. The first-order valence-corrected chi connectivity index (χ1v) is 4.41. The van der Waals surface area contributed by atoms with Gasteiger partial charge in [0.15, 0.2) is 5.84 Å². The van der Waals surface area contributed by atoms with E-state index in [-0.39, 0.29) is 5.84 Å². The minimum atomic E-state index is 0.184. The van der Waals surface area contributed by atoms with Gasteiger partial charge in [0.25, 0.3) is 0 Å². The van der Waals surface area contributed by atoms with Crippen LogP contribution in [0.15, 0.2) is 5.16 Å². The minimum absolute atomic E-state index is 0.184. The van der Waals surface area contributed by atoms with E-state index in [0.29, 0.717) is 25.6 Å². The van der Waals surface area contributed by atoms with Crippen LogP contribution in [-0.2, 0) is 4.74 Å². The van der Waals surface area contributed by atoms with Crippen molar-refractivity contribution in [2.45, 2.75) is 13.8 Å². The van der Waals surface area contributed by atoms with E-state index in [0.717, 1.165) is 6.61 Å². The van der Waals surface area contributed by atoms with Crippen LogP contribution in [0.3, 0.4) is 0 Å². The topological polar surface area (TPSA) is 79.9 Å². The Hall–Kier alpha value is -0.810. The monoisotopic (exact) mass is 189 g/mol. The lowest BCUT2D eigenvalue weighted by Gasteiger charge is -2.07. The lowest BCUT2D eigenvalue weighted by atomic mass is 10.2. The van der Waals surface area contributed by atoms with Gasteiger partial charge in [-0.25, -0.2) is 0 Å². The molecule has 0 unspecified atom stereocenters. The van der Waals surface area contributed by atoms with Crippen LogP contribution in [0.2, 0.25) is 0 Å². The molecule has 0 aliphatic heterocycles. The highest BCUT2D eigenvalue weighted by Crippen LogP contribution is 1.90. The van der Waals surface area contributed by atoms with Gasteiger partial charge in [-0.05, 0) is 5.92 Å². The molecular weight excluding hydrogens is 170 g/mol. The van der Waals surface area contributed by atoms with E-state index in [4.69, 9.17) is 15.7 Å². The van der Waals surface area contributed by atoms with Crippen LogP contribution in [0.5, 0.6) is 0 Å². The smallest absolute Gasteiger partial charge is 0.153 e. The predicted molar refractivity (Wildman–Crippen MR) is 51.9 cm³/mol. The summed E-state index contributed by atoms with van der Waals surface area (Å²) in [7, 11) is 0. The van der Waals surface area contributed by atoms with Crippen molar-refractivity contribution >= 4 is 5.84 Å². The summed E-state index contributed by atoms with van der Waals surface area (Å²) in [5, 5.41) is 14.0. The van der Waals surface area contributed by atoms with Gasteiger partial charge in [-0.15, -0.1) is 0 Å². The number of nitrogens with one attached hydrogen (secondary N) is 1. The average molecular weight is 189 g/mol. The van der Waals surface area contributed by atoms with E-state index >= 15 is 0 Å². The second kappa shape index (κ2) is 7.82. The van der Waals surface area contributed by atoms with Crippen molar-refractivity contribution in [3.63, 3.8) is 0 Å². The Morgan fingerprint density at radius 1 is 1.62 bits per heavy atom. The zero-order chi connectivity index (χ0) is 10.1. The zero-order valence-electron chi connectivity index (χ0n) is 8.29. The summed E-state index contributed by atoms with van der Waals surface area (Å²) >= 11 is 0. The molecule has 0 fully saturated rings. The first-order chi connectivity index (χ1) is 6.16. The van der Waals surface area contributed by atoms with Gasteiger partial charge in [-0.3, -0.25) is 0 Å². The molecule has 0 aromatic carbocycles. The van der Waals surface area contributed by atoms with Crippen molar-refractivity contribution in [2.24, 2.45) is 16.8 Å². The molecule has 0 spiro atoms. The molecular formula is C8H19N3O2. The van der Waals surface area contributed by atoms with E-state index in [9.17, 15) is 0 Å². The summed E-state index contributed by atoms with van der Waals surface area (Å²) in [5.74, 6) is 0.743. The molecule has 0 saturated heterocycles. The molecule has 0 rings (SSSR count). The molecule has 0 atom stereocenters. The molecule has 5 nitrogen and oxygen atoms in total. The molecule has 0 saturated carbocycles. The van der Waals surface area contributed by atoms with Gasteiger partial charge in [-0.1, -0.05) is 19.0 Å². The number of hydrogen-bond acceptors (Lipinski definition) is 4. The maximum Gasteiger partial charge on any atom is 0.153 e. The molecule has 0 bridgehead atoms. The summed E-state index contributed by atoms with van der Waals surface area (Å²) in [5.41, 5.74) is 5.23. The van der Waals surface area contributed by atoms with Crippen LogP contribution >= 0.6 is 0 Å². The fourth-order valence-electron chi connectivity index (χ4n) is 0.715. The number of nitrogens with zero attached hydrogens (tertiary/aromatic N) is 1. The highest BCUT2D eigenvalue weighted by molar-refractivity contribution is 5.81. The molecule has 0 heterocycles. The van der Waals surface area contributed by atoms with E-state index in [2.05, 4.69) is 24.3 Å². The highest BCUT2D eigenvalue weighted by atomic mass is 16.5. The van der Waals surface area contributed by atoms with Crippen LogP contribution in [0, 0.1) is 5.92 Å². The summed E-state index contributed by atoms with van der Waals surface area (Å²) < 4.78 is 5.30. The van der Waals surface area contributed by atoms with Crippen LogP contribution < -0.4 is 11.1 Å². The molecule has 0 aromatic rings. The summed E-state index contributed by atoms with van der Waals surface area (Å²) in [6, 6.07) is 0. The quantitative estimate of drug-likeness (QED) is 0.173. The molecule has 78 valence electrons. The van der Waals surface area contributed by atoms with Crippen molar-refractivity contribution in [3.8, 4) is 0 Å². The zero-order valence-corrected chi connectivity index (χ0v) is 8.29. The second-order valence-electron chi connectivity index (χ2n) is 3.24. The third-order valence-electron chi connectivity index (χ3n) is 1.31. The molecule has 0 amide bonds. The Bertz CT molecular complexity index is 148. The minimum Gasteiger partial charge on any atom is -0.409 e. The number of ether oxygens (including phenoxy) is 1. The fourth-order valence-corrected chi connectivity index (χ4v) is 0.715. The Morgan fingerprint density at radius 2 is 2.31 bits per heavy atom. The van der Waals surface area contributed by atoms with Crippen molar-refractivity contribution in [2.75, 3.05) is 26.3 Å². The third kappa shape index (κ3) is 9.10. The first kappa shape index (κ1) is 12.2. The Balaban J connectivity index is 3.09. The SMILES string of the molecule is CC(C)COCCNCC(N)=NO. The normalized spacial score (nSPS) is 12.4. The molecule has 4 N–H and O–H groups in total. The summed E-state index contributed by atoms with van der Waals surface area (Å²) in [6.45, 7) is 6.72. The fraction of sp³-hybridized carbons (Fsp3) is 0.875. The maximum absolute atomic E-state index is 8.20. The molecule has 0 aromatic heterocycles. The van der Waals surface area contributed by atoms with E-state index < -0.39 is 0 Å². The predicted octanol–water partition coefficient (Wildman–Crippen LogP) is -0.00500. The summed E-state index contributed by atoms with van der Waals surface area (Å²) in [6.07, 6.45) is 0. The molecule has 0 radical (unpaired) electrons. The largest absolute Gasteiger partial charge is 0.409 e. The van der Waals surface area contributed by atoms with Crippen molar-refractivity contribution in [1.29, 1.82) is 0 Å². The lowest BCUT2D eigenvalue weighted by Crippen LogP contribution is -2.31. The Kier molecular flexibility index (Phi) is 7.33. The van der Waals surface area contributed by atoms with Crippen LogP contribution in [0.1, 0.15) is 13.8 Å². The van der Waals surface area contributed by atoms with Gasteiger partial charge in [-0.2, -0.15) is 0 Å². The van der Waals surface area contributed by atoms with Gasteiger partial charge in [0, 0.05) is 13.2 Å². The van der Waals surface area contributed by atoms with Gasteiger partial charge in [0.2, 0.25) is 0 Å². The summed E-state index contributed by atoms with van der Waals surface area (Å²) in [4.78, 5) is 0. The molecule has 0 aliphatic rings. The third-order valence-corrected chi connectivity index (χ3v) is 1.31. The van der Waals surface area contributed by atoms with Crippen LogP contribution in [0.4, 0.5) is 0 Å². The van der Waals surface area contributed by atoms with Gasteiger partial charge >= 0.3 is 0 Å². The van der Waals surface area contributed by atoms with E-state index in [1.165, 1.54) is 0 Å². The highest BCUT2D eigenvalue weighted by Gasteiger charge is 1.94. The molecule has 13 heavy (non-hydrogen) atoms. The van der Waals surface area contributed by atoms with E-state index in [1.807, 2.05) is 0 Å². The van der Waals surface area contributed by atoms with Crippen LogP contribution in [0.25, 0.3) is 0 Å². The molecule has 0 aliphatic carbocycles. The number of nitrogens with two attached hydrogens (primary N) is 1. The number of hydrogen-bond donors (Lipinski definition) is 3. The van der Waals surface area contributed by atoms with Crippen molar-refractivity contribution in [1.82, 2.24) is 5.32 Å². The standard InChI is InChI=1S/C8H19N3O2/c1-7(2)6-13-4-3-10-5-8(9)11-12/h7,10,12H,3-6H2,1-2H3,(H2,9,11). The van der Waals surface area contributed by atoms with E-state index in [1.54, 1.807) is 0 Å².